The van der Waals surface area contributed by atoms with Crippen molar-refractivity contribution >= 4 is 22.6 Å². The van der Waals surface area contributed by atoms with E-state index in [1.54, 1.807) is 7.11 Å². The number of furan rings is 1. The van der Waals surface area contributed by atoms with Gasteiger partial charge in [0, 0.05) is 17.3 Å². The van der Waals surface area contributed by atoms with Crippen LogP contribution in [0.15, 0.2) is 16.5 Å². The van der Waals surface area contributed by atoms with Gasteiger partial charge >= 0.3 is 0 Å². The van der Waals surface area contributed by atoms with Gasteiger partial charge in [-0.25, -0.2) is 0 Å². The summed E-state index contributed by atoms with van der Waals surface area (Å²) in [5, 5.41) is 1.70. The first-order valence-electron chi connectivity index (χ1n) is 7.08. The maximum Gasteiger partial charge on any atom is 0.177 e. The largest absolute Gasteiger partial charge is 0.493 e. The summed E-state index contributed by atoms with van der Waals surface area (Å²) >= 11 is 6.66. The summed E-state index contributed by atoms with van der Waals surface area (Å²) in [7, 11) is 1.66. The van der Waals surface area contributed by atoms with Crippen molar-refractivity contribution in [3.05, 3.63) is 28.5 Å². The van der Waals surface area contributed by atoms with E-state index in [0.29, 0.717) is 6.54 Å². The van der Waals surface area contributed by atoms with E-state index in [1.165, 1.54) is 12.8 Å². The van der Waals surface area contributed by atoms with Crippen LogP contribution in [0.5, 0.6) is 5.75 Å². The van der Waals surface area contributed by atoms with Gasteiger partial charge in [0.15, 0.2) is 11.3 Å². The van der Waals surface area contributed by atoms with Crippen LogP contribution in [0.4, 0.5) is 0 Å². The van der Waals surface area contributed by atoms with Crippen LogP contribution in [0.1, 0.15) is 37.0 Å². The predicted octanol–water partition coefficient (Wildman–Crippen LogP) is 4.17. The van der Waals surface area contributed by atoms with Gasteiger partial charge in [-0.05, 0) is 37.5 Å². The number of hydrogen-bond donors (Lipinski definition) is 1. The number of methoxy groups -OCH3 is 1. The second kappa shape index (κ2) is 4.97. The highest BCUT2D eigenvalue weighted by Crippen LogP contribution is 2.47. The lowest BCUT2D eigenvalue weighted by Gasteiger charge is -2.29. The van der Waals surface area contributed by atoms with Crippen LogP contribution in [-0.4, -0.2) is 13.7 Å². The number of benzene rings is 1. The molecule has 0 spiro atoms. The fourth-order valence-electron chi connectivity index (χ4n) is 3.44. The minimum atomic E-state index is -0.0102. The fraction of sp³-hybridized carbons (Fsp3) is 0.500. The van der Waals surface area contributed by atoms with Gasteiger partial charge in [0.1, 0.15) is 5.76 Å². The first-order chi connectivity index (χ1) is 9.61. The third kappa shape index (κ3) is 1.92. The first-order valence-corrected chi connectivity index (χ1v) is 7.46. The third-order valence-corrected chi connectivity index (χ3v) is 4.98. The molecule has 0 amide bonds. The van der Waals surface area contributed by atoms with Crippen molar-refractivity contribution in [1.29, 1.82) is 0 Å². The Labute approximate surface area is 124 Å². The molecule has 108 valence electrons. The number of halogens is 1. The van der Waals surface area contributed by atoms with Crippen molar-refractivity contribution in [1.82, 2.24) is 0 Å². The van der Waals surface area contributed by atoms with E-state index in [0.717, 1.165) is 45.9 Å². The summed E-state index contributed by atoms with van der Waals surface area (Å²) in [5.41, 5.74) is 7.92. The molecule has 2 aromatic rings. The maximum absolute atomic E-state index is 6.66. The lowest BCUT2D eigenvalue weighted by molar-refractivity contribution is 0.403. The van der Waals surface area contributed by atoms with Crippen molar-refractivity contribution in [2.75, 3.05) is 13.7 Å². The molecule has 1 fully saturated rings. The summed E-state index contributed by atoms with van der Waals surface area (Å²) in [6.07, 6.45) is 4.60. The minimum Gasteiger partial charge on any atom is -0.493 e. The van der Waals surface area contributed by atoms with E-state index in [2.05, 4.69) is 0 Å². The molecule has 3 nitrogen and oxygen atoms in total. The van der Waals surface area contributed by atoms with Crippen molar-refractivity contribution in [3.63, 3.8) is 0 Å². The normalized spacial score (nSPS) is 17.8. The summed E-state index contributed by atoms with van der Waals surface area (Å²) < 4.78 is 11.2. The number of aryl methyl sites for hydroxylation is 1. The number of ether oxygens (including phenoxy) is 1. The van der Waals surface area contributed by atoms with Crippen LogP contribution in [0.25, 0.3) is 11.0 Å². The Morgan fingerprint density at radius 2 is 2.05 bits per heavy atom. The van der Waals surface area contributed by atoms with Crippen molar-refractivity contribution in [2.45, 2.75) is 38.0 Å². The molecule has 1 saturated carbocycles. The number of rotatable bonds is 3. The standard InChI is InChI=1S/C16H20ClNO2/c1-10-7-11-14(17)12(8-13(19-2)15(11)20-10)16(9-18)5-3-4-6-16/h7-8H,3-6,9,18H2,1-2H3. The molecule has 0 radical (unpaired) electrons. The van der Waals surface area contributed by atoms with Gasteiger partial charge < -0.3 is 14.9 Å². The monoisotopic (exact) mass is 293 g/mol. The fourth-order valence-corrected chi connectivity index (χ4v) is 3.83. The molecule has 1 aliphatic rings. The average Bonchev–Trinajstić information content (AvgIpc) is 3.06. The lowest BCUT2D eigenvalue weighted by Crippen LogP contribution is -2.32. The van der Waals surface area contributed by atoms with E-state index in [4.69, 9.17) is 26.5 Å². The number of nitrogens with two attached hydrogens (primary N) is 1. The number of fused-ring (bicyclic) bond motifs is 1. The predicted molar refractivity (Wildman–Crippen MR) is 81.7 cm³/mol. The highest BCUT2D eigenvalue weighted by Gasteiger charge is 2.37. The van der Waals surface area contributed by atoms with E-state index in [-0.39, 0.29) is 5.41 Å². The Morgan fingerprint density at radius 3 is 2.65 bits per heavy atom. The van der Waals surface area contributed by atoms with Crippen LogP contribution in [0.2, 0.25) is 5.02 Å². The summed E-state index contributed by atoms with van der Waals surface area (Å²) in [4.78, 5) is 0. The zero-order valence-electron chi connectivity index (χ0n) is 12.0. The molecule has 1 aromatic heterocycles. The molecule has 0 atom stereocenters. The van der Waals surface area contributed by atoms with E-state index < -0.39 is 0 Å². The zero-order valence-corrected chi connectivity index (χ0v) is 12.7. The molecule has 2 N–H and O–H groups in total. The molecule has 1 heterocycles. The molecular weight excluding hydrogens is 274 g/mol. The second-order valence-electron chi connectivity index (χ2n) is 5.73. The van der Waals surface area contributed by atoms with Crippen LogP contribution in [0.3, 0.4) is 0 Å². The molecule has 0 saturated heterocycles. The Morgan fingerprint density at radius 1 is 1.35 bits per heavy atom. The third-order valence-electron chi connectivity index (χ3n) is 4.57. The summed E-state index contributed by atoms with van der Waals surface area (Å²) in [5.74, 6) is 1.58. The average molecular weight is 294 g/mol. The van der Waals surface area contributed by atoms with E-state index in [9.17, 15) is 0 Å². The summed E-state index contributed by atoms with van der Waals surface area (Å²) in [6.45, 7) is 2.54. The Bertz CT molecular complexity index is 641. The van der Waals surface area contributed by atoms with Crippen LogP contribution < -0.4 is 10.5 Å². The Balaban J connectivity index is 2.28. The molecule has 3 rings (SSSR count). The van der Waals surface area contributed by atoms with E-state index >= 15 is 0 Å². The molecule has 20 heavy (non-hydrogen) atoms. The molecule has 0 unspecified atom stereocenters. The van der Waals surface area contributed by atoms with Crippen LogP contribution >= 0.6 is 11.6 Å². The Hall–Kier alpha value is -1.19. The van der Waals surface area contributed by atoms with Crippen molar-refractivity contribution in [3.8, 4) is 5.75 Å². The highest BCUT2D eigenvalue weighted by atomic mass is 35.5. The van der Waals surface area contributed by atoms with Crippen LogP contribution in [-0.2, 0) is 5.41 Å². The van der Waals surface area contributed by atoms with Gasteiger partial charge in [-0.2, -0.15) is 0 Å². The van der Waals surface area contributed by atoms with Gasteiger partial charge in [0.25, 0.3) is 0 Å². The Kier molecular flexibility index (Phi) is 3.43. The van der Waals surface area contributed by atoms with E-state index in [1.807, 2.05) is 19.1 Å². The molecule has 1 aliphatic carbocycles. The molecular formula is C16H20ClNO2. The van der Waals surface area contributed by atoms with Gasteiger partial charge in [-0.15, -0.1) is 0 Å². The molecule has 0 aliphatic heterocycles. The second-order valence-corrected chi connectivity index (χ2v) is 6.11. The lowest BCUT2D eigenvalue weighted by atomic mass is 9.78. The molecule has 4 heteroatoms. The molecule has 0 bridgehead atoms. The van der Waals surface area contributed by atoms with Gasteiger partial charge in [-0.3, -0.25) is 0 Å². The SMILES string of the molecule is COc1cc(C2(CN)CCCC2)c(Cl)c2cc(C)oc12. The maximum atomic E-state index is 6.66. The topological polar surface area (TPSA) is 48.4 Å². The van der Waals surface area contributed by atoms with Gasteiger partial charge in [-0.1, -0.05) is 24.4 Å². The highest BCUT2D eigenvalue weighted by molar-refractivity contribution is 6.36. The number of hydrogen-bond acceptors (Lipinski definition) is 3. The van der Waals surface area contributed by atoms with Crippen molar-refractivity contribution in [2.24, 2.45) is 5.73 Å². The zero-order chi connectivity index (χ0) is 14.3. The molecule has 1 aromatic carbocycles. The van der Waals surface area contributed by atoms with Crippen LogP contribution in [0, 0.1) is 6.92 Å². The smallest absolute Gasteiger partial charge is 0.177 e. The summed E-state index contributed by atoms with van der Waals surface area (Å²) in [6, 6.07) is 3.99. The van der Waals surface area contributed by atoms with Gasteiger partial charge in [0.2, 0.25) is 0 Å². The quantitative estimate of drug-likeness (QED) is 0.924. The minimum absolute atomic E-state index is 0.0102. The first kappa shape index (κ1) is 13.8. The van der Waals surface area contributed by atoms with Crippen molar-refractivity contribution < 1.29 is 9.15 Å². The van der Waals surface area contributed by atoms with Gasteiger partial charge in [0.05, 0.1) is 12.1 Å².